The average molecular weight is 1240 g/mol. The van der Waals surface area contributed by atoms with Gasteiger partial charge in [0, 0.05) is 0 Å². The summed E-state index contributed by atoms with van der Waals surface area (Å²) in [6.45, 7) is 3.53. The number of rotatable bonds is 12. The number of benzene rings is 9. The predicted octanol–water partition coefficient (Wildman–Crippen LogP) is 14.8. The van der Waals surface area contributed by atoms with Crippen molar-refractivity contribution < 1.29 is 128 Å². The number of fused-ring (bicyclic) bond motifs is 4. The normalized spacial score (nSPS) is 12.4. The molecule has 0 aliphatic heterocycles. The van der Waals surface area contributed by atoms with Crippen molar-refractivity contribution in [3.63, 3.8) is 0 Å². The summed E-state index contributed by atoms with van der Waals surface area (Å²) in [5.41, 5.74) is -14.5. The number of halogens is 28. The molecule has 1 unspecified atom stereocenters. The third kappa shape index (κ3) is 9.28. The van der Waals surface area contributed by atoms with Crippen molar-refractivity contribution in [2.45, 2.75) is 45.4 Å². The second-order valence-electron chi connectivity index (χ2n) is 19.0. The minimum absolute atomic E-state index is 1.26. The van der Waals surface area contributed by atoms with E-state index in [0.717, 1.165) is 0 Å². The molecule has 450 valence electrons. The van der Waals surface area contributed by atoms with Gasteiger partial charge in [-0.05, 0) is 25.0 Å². The fourth-order valence-electron chi connectivity index (χ4n) is 10.4. The quantitative estimate of drug-likeness (QED) is 0.0409. The van der Waals surface area contributed by atoms with Crippen molar-refractivity contribution in [1.29, 1.82) is 0 Å². The standard InChI is InChI=1S/C40BF28.C15H25N/c42-13-1-5(25(54)37(66)33(62)21(1)50)17(46)29(58)9(13)41(10-14(43)2-6(18(47)30(10)59)26(55)38(67)34(63)22(2)51,11-15(44)3-7(19(48)31(11)60)27(56)39(68)35(64)23(3)52)12-16(45)4-8(20(49)32(12)61)28(57)40(69)36(65)24(4)53;1-3-4-5-6-7-11-14-16(2)15-12-9-8-10-13-15/h;8-10,12-13H,3-7,11,14H2,1-2H3/q-1;/p+1. The molecule has 0 aromatic heterocycles. The van der Waals surface area contributed by atoms with Crippen molar-refractivity contribution in [3.05, 3.63) is 193 Å². The molecule has 1 atom stereocenters. The summed E-state index contributed by atoms with van der Waals surface area (Å²) in [6.07, 6.45) is 0.335. The molecule has 1 nitrogen and oxygen atoms in total. The summed E-state index contributed by atoms with van der Waals surface area (Å²) >= 11 is 0. The molecule has 0 bridgehead atoms. The number of quaternary nitrogens is 1. The van der Waals surface area contributed by atoms with Crippen molar-refractivity contribution >= 4 is 76.8 Å². The predicted molar refractivity (Wildman–Crippen MR) is 250 cm³/mol. The van der Waals surface area contributed by atoms with Crippen LogP contribution in [-0.2, 0) is 0 Å². The van der Waals surface area contributed by atoms with E-state index in [4.69, 9.17) is 0 Å². The Bertz CT molecular complexity index is 3810. The van der Waals surface area contributed by atoms with Crippen molar-refractivity contribution in [2.24, 2.45) is 0 Å². The molecule has 9 rings (SSSR count). The average Bonchev–Trinajstić information content (AvgIpc) is 0.708. The highest BCUT2D eigenvalue weighted by Crippen LogP contribution is 2.41. The smallest absolute Gasteiger partial charge is 0.198 e. The Morgan fingerprint density at radius 3 is 0.682 bits per heavy atom. The SMILES string of the molecule is CCCCCCCC[NH+](C)c1ccccc1.Fc1c(F)c(F)c2c(F)c([B-](c3c(F)c(F)c4c(F)c(F)c(F)c(F)c4c3F)(c3c(F)c(F)c4c(F)c(F)c(F)c(F)c4c3F)c3c(F)c(F)c4c(F)c(F)c(F)c(F)c4c3F)c(F)c(F)c2c1F. The van der Waals surface area contributed by atoms with Gasteiger partial charge in [-0.1, -0.05) is 50.8 Å². The van der Waals surface area contributed by atoms with E-state index in [1.165, 1.54) is 55.7 Å². The maximum Gasteiger partial charge on any atom is 0.198 e. The highest BCUT2D eigenvalue weighted by atomic mass is 19.2. The number of unbranched alkanes of at least 4 members (excludes halogenated alkanes) is 5. The van der Waals surface area contributed by atoms with Crippen LogP contribution in [0.1, 0.15) is 45.4 Å². The first-order valence-electron chi connectivity index (χ1n) is 24.2. The monoisotopic (exact) mass is 1240 g/mol. The van der Waals surface area contributed by atoms with Crippen LogP contribution in [-0.4, -0.2) is 19.7 Å². The Kier molecular flexibility index (Phi) is 17.2. The van der Waals surface area contributed by atoms with Gasteiger partial charge in [-0.2, -0.15) is 0 Å². The second kappa shape index (κ2) is 23.2. The topological polar surface area (TPSA) is 4.44 Å². The zero-order valence-corrected chi connectivity index (χ0v) is 42.0. The highest BCUT2D eigenvalue weighted by molar-refractivity contribution is 7.20. The van der Waals surface area contributed by atoms with E-state index in [2.05, 4.69) is 44.3 Å². The fourth-order valence-corrected chi connectivity index (χ4v) is 10.4. The molecule has 30 heteroatoms. The van der Waals surface area contributed by atoms with Crippen molar-refractivity contribution in [3.8, 4) is 0 Å². The number of hydrogen-bond acceptors (Lipinski definition) is 0. The van der Waals surface area contributed by atoms with Crippen LogP contribution in [0.5, 0.6) is 0 Å². The van der Waals surface area contributed by atoms with Crippen LogP contribution in [0.2, 0.25) is 0 Å². The van der Waals surface area contributed by atoms with Crippen LogP contribution in [0.3, 0.4) is 0 Å². The summed E-state index contributed by atoms with van der Waals surface area (Å²) in [4.78, 5) is 1.54. The Balaban J connectivity index is 0.000000509. The molecule has 1 N–H and O–H groups in total. The lowest BCUT2D eigenvalue weighted by molar-refractivity contribution is -0.810. The van der Waals surface area contributed by atoms with Gasteiger partial charge in [0.2, 0.25) is 0 Å². The maximum atomic E-state index is 17.4. The van der Waals surface area contributed by atoms with Crippen LogP contribution in [0.15, 0.2) is 30.3 Å². The molecule has 0 heterocycles. The second-order valence-corrected chi connectivity index (χ2v) is 19.0. The van der Waals surface area contributed by atoms with E-state index in [9.17, 15) is 35.1 Å². The van der Waals surface area contributed by atoms with Crippen LogP contribution < -0.4 is 26.8 Å². The molecule has 0 amide bonds. The van der Waals surface area contributed by atoms with E-state index in [0.29, 0.717) is 0 Å². The molecule has 0 saturated carbocycles. The lowest BCUT2D eigenvalue weighted by Gasteiger charge is -2.45. The van der Waals surface area contributed by atoms with Gasteiger partial charge in [0.25, 0.3) is 0 Å². The maximum absolute atomic E-state index is 17.4. The summed E-state index contributed by atoms with van der Waals surface area (Å²) in [7, 11) is 2.27. The van der Waals surface area contributed by atoms with E-state index in [-0.39, 0.29) is 0 Å². The zero-order valence-electron chi connectivity index (χ0n) is 42.0. The fraction of sp³-hybridized carbons (Fsp3) is 0.164. The van der Waals surface area contributed by atoms with Crippen LogP contribution >= 0.6 is 0 Å². The minimum Gasteiger partial charge on any atom is -0.305 e. The van der Waals surface area contributed by atoms with E-state index >= 15 is 87.8 Å². The van der Waals surface area contributed by atoms with Crippen molar-refractivity contribution in [1.82, 2.24) is 0 Å². The Labute approximate surface area is 456 Å². The van der Waals surface area contributed by atoms with E-state index in [1.807, 2.05) is 0 Å². The van der Waals surface area contributed by atoms with Gasteiger partial charge >= 0.3 is 0 Å². The third-order valence-electron chi connectivity index (χ3n) is 14.4. The lowest BCUT2D eigenvalue weighted by atomic mass is 9.12. The number of para-hydroxylation sites is 1. The van der Waals surface area contributed by atoms with Gasteiger partial charge in [-0.25, -0.2) is 123 Å². The molecular formula is C55H26BF28N. The Morgan fingerprint density at radius 2 is 0.447 bits per heavy atom. The van der Waals surface area contributed by atoms with Crippen LogP contribution in [0, 0.1) is 163 Å². The van der Waals surface area contributed by atoms with Gasteiger partial charge in [0.1, 0.15) is 58.4 Å². The molecule has 0 spiro atoms. The Morgan fingerprint density at radius 1 is 0.247 bits per heavy atom. The van der Waals surface area contributed by atoms with E-state index < -0.39 is 234 Å². The number of nitrogens with one attached hydrogen (secondary N) is 1. The largest absolute Gasteiger partial charge is 0.305 e. The van der Waals surface area contributed by atoms with Crippen LogP contribution in [0.4, 0.5) is 129 Å². The first-order chi connectivity index (χ1) is 39.8. The van der Waals surface area contributed by atoms with Gasteiger partial charge in [0.15, 0.2) is 116 Å². The molecule has 0 aliphatic rings. The van der Waals surface area contributed by atoms with Gasteiger partial charge in [-0.15, -0.1) is 21.9 Å². The van der Waals surface area contributed by atoms with Gasteiger partial charge in [-0.3, -0.25) is 0 Å². The summed E-state index contributed by atoms with van der Waals surface area (Å²) in [6, 6.07) is 10.8. The summed E-state index contributed by atoms with van der Waals surface area (Å²) in [5, 5.41) is -25.0. The van der Waals surface area contributed by atoms with Gasteiger partial charge in [0.05, 0.1) is 56.7 Å². The molecule has 9 aromatic rings. The first-order valence-corrected chi connectivity index (χ1v) is 24.2. The number of hydrogen-bond donors (Lipinski definition) is 1. The minimum atomic E-state index is -7.99. The first kappa shape index (κ1) is 63.1. The molecule has 9 aromatic carbocycles. The summed E-state index contributed by atoms with van der Waals surface area (Å²) in [5.74, 6) is -102. The van der Waals surface area contributed by atoms with Crippen LogP contribution in [0.25, 0.3) is 43.1 Å². The highest BCUT2D eigenvalue weighted by Gasteiger charge is 2.52. The molecule has 85 heavy (non-hydrogen) atoms. The van der Waals surface area contributed by atoms with Crippen molar-refractivity contribution in [2.75, 3.05) is 13.6 Å². The Hall–Kier alpha value is -7.92. The van der Waals surface area contributed by atoms with E-state index in [1.54, 1.807) is 0 Å². The summed E-state index contributed by atoms with van der Waals surface area (Å²) < 4.78 is 442. The molecule has 0 fully saturated rings. The molecule has 0 saturated heterocycles. The molecule has 0 aliphatic carbocycles. The molecular weight excluding hydrogens is 1220 g/mol. The zero-order chi connectivity index (χ0) is 63.2. The molecule has 0 radical (unpaired) electrons. The van der Waals surface area contributed by atoms with Gasteiger partial charge < -0.3 is 4.90 Å². The lowest BCUT2D eigenvalue weighted by Crippen LogP contribution is -3.03. The third-order valence-corrected chi connectivity index (χ3v) is 14.4.